The number of ether oxygens (including phenoxy) is 3. The summed E-state index contributed by atoms with van der Waals surface area (Å²) in [6, 6.07) is 0. The molecule has 0 amide bonds. The van der Waals surface area contributed by atoms with Gasteiger partial charge < -0.3 is 14.2 Å². The SMILES string of the molecule is C=C(C)C(=O)O[C@H]1CC2=C[C@H](CC(C)=C[C@H]3OC(=O)C(=C)[C@H]13)OC2=O. The summed E-state index contributed by atoms with van der Waals surface area (Å²) in [7, 11) is 0. The molecule has 0 saturated carbocycles. The van der Waals surface area contributed by atoms with E-state index in [9.17, 15) is 14.4 Å². The molecule has 0 N–H and O–H groups in total. The van der Waals surface area contributed by atoms with Gasteiger partial charge >= 0.3 is 17.9 Å². The van der Waals surface area contributed by atoms with Crippen LogP contribution in [0.3, 0.4) is 0 Å². The van der Waals surface area contributed by atoms with Gasteiger partial charge in [0.1, 0.15) is 18.3 Å². The van der Waals surface area contributed by atoms with Crippen molar-refractivity contribution in [3.63, 3.8) is 0 Å². The van der Waals surface area contributed by atoms with E-state index >= 15 is 0 Å². The van der Waals surface area contributed by atoms with Crippen LogP contribution in [0, 0.1) is 5.92 Å². The molecule has 2 aliphatic heterocycles. The molecule has 0 unspecified atom stereocenters. The molecule has 0 aromatic rings. The van der Waals surface area contributed by atoms with Crippen LogP contribution >= 0.6 is 0 Å². The highest BCUT2D eigenvalue weighted by Crippen LogP contribution is 2.38. The molecule has 25 heavy (non-hydrogen) atoms. The van der Waals surface area contributed by atoms with Crippen LogP contribution in [0.15, 0.2) is 47.6 Å². The smallest absolute Gasteiger partial charge is 0.334 e. The van der Waals surface area contributed by atoms with Crippen LogP contribution in [0.1, 0.15) is 26.7 Å². The molecular formula is C19H20O6. The maximum Gasteiger partial charge on any atom is 0.334 e. The summed E-state index contributed by atoms with van der Waals surface area (Å²) in [6.45, 7) is 10.8. The van der Waals surface area contributed by atoms with Crippen LogP contribution < -0.4 is 0 Å². The quantitative estimate of drug-likeness (QED) is 0.331. The maximum atomic E-state index is 12.1. The maximum absolute atomic E-state index is 12.1. The predicted molar refractivity (Wildman–Crippen MR) is 88.2 cm³/mol. The molecule has 1 fully saturated rings. The fourth-order valence-corrected chi connectivity index (χ4v) is 3.33. The van der Waals surface area contributed by atoms with E-state index in [1.54, 1.807) is 6.08 Å². The first-order valence-electron chi connectivity index (χ1n) is 8.11. The van der Waals surface area contributed by atoms with E-state index in [-0.39, 0.29) is 23.7 Å². The molecule has 132 valence electrons. The number of carbonyl (C=O) groups is 3. The number of rotatable bonds is 2. The van der Waals surface area contributed by atoms with E-state index in [0.717, 1.165) is 5.57 Å². The van der Waals surface area contributed by atoms with Crippen molar-refractivity contribution >= 4 is 17.9 Å². The van der Waals surface area contributed by atoms with Crippen molar-refractivity contribution in [3.05, 3.63) is 47.6 Å². The lowest BCUT2D eigenvalue weighted by atomic mass is 9.85. The van der Waals surface area contributed by atoms with Crippen LogP contribution in [0.4, 0.5) is 0 Å². The normalized spacial score (nSPS) is 31.4. The van der Waals surface area contributed by atoms with Crippen LogP contribution in [-0.4, -0.2) is 36.2 Å². The average molecular weight is 344 g/mol. The highest BCUT2D eigenvalue weighted by Gasteiger charge is 2.46. The zero-order valence-corrected chi connectivity index (χ0v) is 14.2. The third kappa shape index (κ3) is 3.29. The Morgan fingerprint density at radius 1 is 1.20 bits per heavy atom. The molecule has 0 aromatic heterocycles. The van der Waals surface area contributed by atoms with Gasteiger partial charge in [0.15, 0.2) is 0 Å². The Bertz CT molecular complexity index is 741. The van der Waals surface area contributed by atoms with Gasteiger partial charge in [-0.2, -0.15) is 0 Å². The number of fused-ring (bicyclic) bond motifs is 2. The van der Waals surface area contributed by atoms with Crippen LogP contribution in [0.25, 0.3) is 0 Å². The van der Waals surface area contributed by atoms with Crippen molar-refractivity contribution < 1.29 is 28.6 Å². The van der Waals surface area contributed by atoms with Crippen LogP contribution in [0.2, 0.25) is 0 Å². The van der Waals surface area contributed by atoms with Crippen molar-refractivity contribution in [1.82, 2.24) is 0 Å². The summed E-state index contributed by atoms with van der Waals surface area (Å²) in [5, 5.41) is 0. The lowest BCUT2D eigenvalue weighted by molar-refractivity contribution is -0.148. The molecule has 0 radical (unpaired) electrons. The van der Waals surface area contributed by atoms with Crippen molar-refractivity contribution in [2.75, 3.05) is 0 Å². The number of carbonyl (C=O) groups excluding carboxylic acids is 3. The first kappa shape index (κ1) is 17.2. The predicted octanol–water partition coefficient (Wildman–Crippen LogP) is 2.16. The molecule has 6 nitrogen and oxygen atoms in total. The second-order valence-electron chi connectivity index (χ2n) is 6.70. The molecule has 0 aromatic carbocycles. The van der Waals surface area contributed by atoms with Crippen molar-refractivity contribution in [2.45, 2.75) is 45.0 Å². The monoisotopic (exact) mass is 344 g/mol. The van der Waals surface area contributed by atoms with Crippen molar-refractivity contribution in [2.24, 2.45) is 5.92 Å². The number of hydrogen-bond acceptors (Lipinski definition) is 6. The van der Waals surface area contributed by atoms with Crippen LogP contribution in [-0.2, 0) is 28.6 Å². The van der Waals surface area contributed by atoms with Crippen molar-refractivity contribution in [1.29, 1.82) is 0 Å². The third-order valence-electron chi connectivity index (χ3n) is 4.57. The minimum Gasteiger partial charge on any atom is -0.458 e. The molecule has 0 spiro atoms. The van der Waals surface area contributed by atoms with Gasteiger partial charge in [0, 0.05) is 29.6 Å². The topological polar surface area (TPSA) is 78.9 Å². The summed E-state index contributed by atoms with van der Waals surface area (Å²) in [5.41, 5.74) is 1.82. The molecular weight excluding hydrogens is 324 g/mol. The lowest BCUT2D eigenvalue weighted by Crippen LogP contribution is -2.34. The van der Waals surface area contributed by atoms with E-state index in [0.29, 0.717) is 12.0 Å². The largest absolute Gasteiger partial charge is 0.458 e. The van der Waals surface area contributed by atoms with Gasteiger partial charge in [0.2, 0.25) is 0 Å². The Hall–Kier alpha value is -2.63. The van der Waals surface area contributed by atoms with E-state index in [1.165, 1.54) is 6.92 Å². The zero-order chi connectivity index (χ0) is 18.3. The van der Waals surface area contributed by atoms with E-state index in [1.807, 2.05) is 13.0 Å². The minimum atomic E-state index is -0.771. The van der Waals surface area contributed by atoms with E-state index < -0.39 is 36.0 Å². The first-order chi connectivity index (χ1) is 11.8. The summed E-state index contributed by atoms with van der Waals surface area (Å²) >= 11 is 0. The highest BCUT2D eigenvalue weighted by molar-refractivity contribution is 5.93. The summed E-state index contributed by atoms with van der Waals surface area (Å²) in [4.78, 5) is 36.2. The Labute approximate surface area is 145 Å². The lowest BCUT2D eigenvalue weighted by Gasteiger charge is -2.26. The van der Waals surface area contributed by atoms with Crippen LogP contribution in [0.5, 0.6) is 0 Å². The summed E-state index contributed by atoms with van der Waals surface area (Å²) in [6.07, 6.45) is 2.52. The number of esters is 3. The van der Waals surface area contributed by atoms with Crippen molar-refractivity contribution in [3.8, 4) is 0 Å². The second kappa shape index (κ2) is 6.35. The average Bonchev–Trinajstić information content (AvgIpc) is 2.98. The fourth-order valence-electron chi connectivity index (χ4n) is 3.33. The molecule has 1 aliphatic carbocycles. The van der Waals surface area contributed by atoms with E-state index in [2.05, 4.69) is 13.2 Å². The molecule has 3 aliphatic rings. The highest BCUT2D eigenvalue weighted by atomic mass is 16.6. The molecule has 2 heterocycles. The molecule has 6 heteroatoms. The Morgan fingerprint density at radius 2 is 1.92 bits per heavy atom. The zero-order valence-electron chi connectivity index (χ0n) is 14.2. The van der Waals surface area contributed by atoms with Gasteiger partial charge in [-0.25, -0.2) is 14.4 Å². The minimum absolute atomic E-state index is 0.137. The second-order valence-corrected chi connectivity index (χ2v) is 6.70. The molecule has 3 rings (SSSR count). The van der Waals surface area contributed by atoms with Gasteiger partial charge in [-0.1, -0.05) is 18.7 Å². The third-order valence-corrected chi connectivity index (χ3v) is 4.57. The van der Waals surface area contributed by atoms with Gasteiger partial charge in [-0.05, 0) is 26.0 Å². The van der Waals surface area contributed by atoms with Gasteiger partial charge in [0.05, 0.1) is 5.92 Å². The van der Waals surface area contributed by atoms with Gasteiger partial charge in [-0.3, -0.25) is 0 Å². The molecule has 1 saturated heterocycles. The summed E-state index contributed by atoms with van der Waals surface area (Å²) in [5.74, 6) is -2.09. The summed E-state index contributed by atoms with van der Waals surface area (Å²) < 4.78 is 16.3. The van der Waals surface area contributed by atoms with E-state index in [4.69, 9.17) is 14.2 Å². The molecule has 2 bridgehead atoms. The Morgan fingerprint density at radius 3 is 2.60 bits per heavy atom. The van der Waals surface area contributed by atoms with Gasteiger partial charge in [0.25, 0.3) is 0 Å². The standard InChI is InChI=1S/C19H20O6/c1-9(2)17(20)24-15-8-12-7-13(23-19(12)22)5-10(3)6-14-16(15)11(4)18(21)25-14/h6-7,13-16H,1,4-5,8H2,2-3H3/t13-,14+,15-,16-/m0/s1. The Kier molecular flexibility index (Phi) is 4.37. The number of hydrogen-bond donors (Lipinski definition) is 0. The molecule has 4 atom stereocenters. The first-order valence-corrected chi connectivity index (χ1v) is 8.11. The Balaban J connectivity index is 2.01. The van der Waals surface area contributed by atoms with Gasteiger partial charge in [-0.15, -0.1) is 0 Å². The fraction of sp³-hybridized carbons (Fsp3) is 0.421.